The molecule has 2 rings (SSSR count). The van der Waals surface area contributed by atoms with E-state index in [2.05, 4.69) is 26.1 Å². The molecule has 2 aromatic rings. The van der Waals surface area contributed by atoms with Crippen molar-refractivity contribution in [3.63, 3.8) is 0 Å². The molecule has 0 aliphatic carbocycles. The third-order valence-electron chi connectivity index (χ3n) is 7.39. The number of nitrogens with one attached hydrogen (secondary N) is 1. The maximum Gasteiger partial charge on any atom is 0.338 e. The Kier molecular flexibility index (Phi) is 16.4. The SMILES string of the molecule is CCCCCCCCCCCCCC[N+](C)(C)Cc1ccc(C(=O)OCCCNP(=O)([O-])c2ccccc2)cc1. The molecule has 0 heterocycles. The summed E-state index contributed by atoms with van der Waals surface area (Å²) in [6.45, 7) is 4.72. The van der Waals surface area contributed by atoms with Crippen LogP contribution in [0.25, 0.3) is 0 Å². The van der Waals surface area contributed by atoms with Crippen molar-refractivity contribution in [3.05, 3.63) is 65.7 Å². The van der Waals surface area contributed by atoms with Gasteiger partial charge in [0.25, 0.3) is 0 Å². The van der Waals surface area contributed by atoms with Gasteiger partial charge in [-0.3, -0.25) is 5.09 Å². The molecule has 7 heteroatoms. The summed E-state index contributed by atoms with van der Waals surface area (Å²) in [7, 11) is 0.690. The molecule has 1 N–H and O–H groups in total. The van der Waals surface area contributed by atoms with E-state index >= 15 is 0 Å². The van der Waals surface area contributed by atoms with Crippen LogP contribution in [0.15, 0.2) is 54.6 Å². The van der Waals surface area contributed by atoms with Crippen molar-refractivity contribution in [1.29, 1.82) is 0 Å². The molecule has 0 aromatic heterocycles. The second-order valence-electron chi connectivity index (χ2n) is 11.7. The van der Waals surface area contributed by atoms with Gasteiger partial charge in [0.05, 0.1) is 32.8 Å². The Hall–Kier alpha value is -1.98. The maximum atomic E-state index is 12.4. The lowest BCUT2D eigenvalue weighted by Crippen LogP contribution is -2.39. The highest BCUT2D eigenvalue weighted by molar-refractivity contribution is 7.62. The van der Waals surface area contributed by atoms with Gasteiger partial charge < -0.3 is 18.7 Å². The number of nitrogens with zero attached hydrogens (tertiary/aromatic N) is 1. The lowest BCUT2D eigenvalue weighted by Gasteiger charge is -2.30. The molecular formula is C33H53N2O4P. The van der Waals surface area contributed by atoms with Crippen LogP contribution in [0.2, 0.25) is 0 Å². The van der Waals surface area contributed by atoms with E-state index < -0.39 is 7.52 Å². The second kappa shape index (κ2) is 19.2. The first-order chi connectivity index (χ1) is 19.2. The summed E-state index contributed by atoms with van der Waals surface area (Å²) < 4.78 is 18.5. The van der Waals surface area contributed by atoms with Gasteiger partial charge >= 0.3 is 5.97 Å². The quantitative estimate of drug-likeness (QED) is 0.0713. The molecule has 0 saturated carbocycles. The average Bonchev–Trinajstić information content (AvgIpc) is 2.94. The topological polar surface area (TPSA) is 78.5 Å². The number of hydrogen-bond donors (Lipinski definition) is 1. The molecule has 2 aromatic carbocycles. The number of benzene rings is 2. The van der Waals surface area contributed by atoms with Gasteiger partial charge in [0.15, 0.2) is 0 Å². The van der Waals surface area contributed by atoms with Gasteiger partial charge in [-0.05, 0) is 31.4 Å². The van der Waals surface area contributed by atoms with Crippen LogP contribution in [0.5, 0.6) is 0 Å². The Bertz CT molecular complexity index is 995. The number of carbonyl (C=O) groups is 1. The molecule has 6 nitrogen and oxygen atoms in total. The highest BCUT2D eigenvalue weighted by Gasteiger charge is 2.16. The summed E-state index contributed by atoms with van der Waals surface area (Å²) >= 11 is 0. The summed E-state index contributed by atoms with van der Waals surface area (Å²) in [4.78, 5) is 24.7. The predicted molar refractivity (Wildman–Crippen MR) is 165 cm³/mol. The lowest BCUT2D eigenvalue weighted by atomic mass is 10.0. The zero-order valence-corrected chi connectivity index (χ0v) is 26.1. The molecule has 0 aliphatic heterocycles. The van der Waals surface area contributed by atoms with Crippen LogP contribution in [0.1, 0.15) is 106 Å². The van der Waals surface area contributed by atoms with Crippen LogP contribution >= 0.6 is 7.52 Å². The first kappa shape index (κ1) is 34.2. The number of quaternary nitrogens is 1. The number of unbranched alkanes of at least 4 members (excludes halogenated alkanes) is 11. The average molecular weight is 573 g/mol. The number of ether oxygens (including phenoxy) is 1. The minimum atomic E-state index is -3.85. The van der Waals surface area contributed by atoms with E-state index in [0.29, 0.717) is 12.0 Å². The monoisotopic (exact) mass is 572 g/mol. The molecule has 40 heavy (non-hydrogen) atoms. The largest absolute Gasteiger partial charge is 0.784 e. The highest BCUT2D eigenvalue weighted by atomic mass is 31.2. The fourth-order valence-electron chi connectivity index (χ4n) is 4.96. The normalized spacial score (nSPS) is 13.2. The van der Waals surface area contributed by atoms with Gasteiger partial charge in [0.1, 0.15) is 14.1 Å². The van der Waals surface area contributed by atoms with Crippen molar-refractivity contribution in [3.8, 4) is 0 Å². The fourth-order valence-corrected chi connectivity index (χ4v) is 6.16. The van der Waals surface area contributed by atoms with Gasteiger partial charge in [0.2, 0.25) is 0 Å². The highest BCUT2D eigenvalue weighted by Crippen LogP contribution is 2.28. The molecule has 0 spiro atoms. The van der Waals surface area contributed by atoms with Crippen molar-refractivity contribution in [2.45, 2.75) is 96.9 Å². The first-order valence-electron chi connectivity index (χ1n) is 15.4. The number of hydrogen-bond acceptors (Lipinski definition) is 4. The maximum absolute atomic E-state index is 12.4. The standard InChI is InChI=1S/C33H53N2O4P/c1-4-5-6-7-8-9-10-11-12-13-14-18-27-35(2,3)29-30-22-24-31(25-23-30)33(36)39-28-19-26-34-40(37,38)32-20-16-15-17-21-32/h15-17,20-25H,4-14,18-19,26-29H2,1-3H3,(H-,34,37,38). The van der Waals surface area contributed by atoms with Gasteiger partial charge in [0, 0.05) is 17.4 Å². The Labute approximate surface area is 243 Å². The Morgan fingerprint density at radius 1 is 0.800 bits per heavy atom. The summed E-state index contributed by atoms with van der Waals surface area (Å²) in [5, 5.41) is 2.82. The zero-order chi connectivity index (χ0) is 29.1. The third kappa shape index (κ3) is 14.6. The van der Waals surface area contributed by atoms with Gasteiger partial charge in [-0.2, -0.15) is 0 Å². The zero-order valence-electron chi connectivity index (χ0n) is 25.2. The van der Waals surface area contributed by atoms with E-state index in [1.165, 1.54) is 82.6 Å². The first-order valence-corrected chi connectivity index (χ1v) is 17.1. The van der Waals surface area contributed by atoms with Crippen LogP contribution in [0.4, 0.5) is 0 Å². The van der Waals surface area contributed by atoms with E-state index in [1.807, 2.05) is 24.3 Å². The summed E-state index contributed by atoms with van der Waals surface area (Å²) in [6.07, 6.45) is 16.8. The summed E-state index contributed by atoms with van der Waals surface area (Å²) in [5.41, 5.74) is 1.72. The van der Waals surface area contributed by atoms with Crippen LogP contribution in [0.3, 0.4) is 0 Å². The molecule has 1 unspecified atom stereocenters. The molecule has 0 fully saturated rings. The van der Waals surface area contributed by atoms with E-state index in [1.54, 1.807) is 30.3 Å². The van der Waals surface area contributed by atoms with E-state index in [9.17, 15) is 14.3 Å². The number of rotatable bonds is 22. The van der Waals surface area contributed by atoms with E-state index in [0.717, 1.165) is 17.6 Å². The van der Waals surface area contributed by atoms with E-state index in [4.69, 9.17) is 4.74 Å². The van der Waals surface area contributed by atoms with Crippen molar-refractivity contribution in [2.75, 3.05) is 33.8 Å². The minimum Gasteiger partial charge on any atom is -0.784 e. The van der Waals surface area contributed by atoms with Crippen molar-refractivity contribution >= 4 is 18.8 Å². The van der Waals surface area contributed by atoms with E-state index in [-0.39, 0.29) is 24.4 Å². The van der Waals surface area contributed by atoms with Crippen LogP contribution in [0, 0.1) is 0 Å². The Morgan fingerprint density at radius 3 is 1.93 bits per heavy atom. The molecule has 0 amide bonds. The van der Waals surface area contributed by atoms with Crippen LogP contribution in [-0.4, -0.2) is 44.2 Å². The molecule has 0 saturated heterocycles. The number of carbonyl (C=O) groups excluding carboxylic acids is 1. The van der Waals surface area contributed by atoms with Crippen molar-refractivity contribution in [2.24, 2.45) is 0 Å². The van der Waals surface area contributed by atoms with Crippen molar-refractivity contribution < 1.29 is 23.5 Å². The molecule has 0 aliphatic rings. The van der Waals surface area contributed by atoms with Gasteiger partial charge in [-0.15, -0.1) is 0 Å². The molecule has 1 atom stereocenters. The van der Waals surface area contributed by atoms with Crippen LogP contribution < -0.4 is 15.3 Å². The fraction of sp³-hybridized carbons (Fsp3) is 0.606. The number of esters is 1. The molecule has 224 valence electrons. The lowest BCUT2D eigenvalue weighted by molar-refractivity contribution is -0.903. The summed E-state index contributed by atoms with van der Waals surface area (Å²) in [5.74, 6) is -0.384. The summed E-state index contributed by atoms with van der Waals surface area (Å²) in [6, 6.07) is 15.9. The second-order valence-corrected chi connectivity index (χ2v) is 13.6. The molecular weight excluding hydrogens is 519 g/mol. The van der Waals surface area contributed by atoms with Gasteiger partial charge in [-0.1, -0.05) is 114 Å². The molecule has 0 bridgehead atoms. The predicted octanol–water partition coefficient (Wildman–Crippen LogP) is 6.98. The van der Waals surface area contributed by atoms with Crippen LogP contribution in [-0.2, 0) is 15.8 Å². The van der Waals surface area contributed by atoms with Gasteiger partial charge in [-0.25, -0.2) is 4.79 Å². The smallest absolute Gasteiger partial charge is 0.338 e. The minimum absolute atomic E-state index is 0.158. The van der Waals surface area contributed by atoms with Crippen molar-refractivity contribution in [1.82, 2.24) is 5.09 Å². The Balaban J connectivity index is 1.57. The Morgan fingerprint density at radius 2 is 1.35 bits per heavy atom. The molecule has 0 radical (unpaired) electrons. The third-order valence-corrected chi connectivity index (χ3v) is 9.01.